The van der Waals surface area contributed by atoms with E-state index in [1.54, 1.807) is 7.11 Å². The van der Waals surface area contributed by atoms with Crippen LogP contribution in [0.1, 0.15) is 11.1 Å². The van der Waals surface area contributed by atoms with Crippen molar-refractivity contribution >= 4 is 5.52 Å². The van der Waals surface area contributed by atoms with Gasteiger partial charge >= 0.3 is 0 Å². The van der Waals surface area contributed by atoms with Crippen LogP contribution in [0.5, 0.6) is 5.75 Å². The molecule has 2 nitrogen and oxygen atoms in total. The second-order valence-corrected chi connectivity index (χ2v) is 4.84. The molecule has 2 heterocycles. The van der Waals surface area contributed by atoms with Gasteiger partial charge in [-0.15, -0.1) is 0 Å². The third kappa shape index (κ3) is 1.89. The molecule has 19 heavy (non-hydrogen) atoms. The van der Waals surface area contributed by atoms with Crippen molar-refractivity contribution in [2.24, 2.45) is 0 Å². The summed E-state index contributed by atoms with van der Waals surface area (Å²) < 4.78 is 7.44. The lowest BCUT2D eigenvalue weighted by Crippen LogP contribution is -1.87. The summed E-state index contributed by atoms with van der Waals surface area (Å²) in [6.07, 6.45) is 4.28. The predicted octanol–water partition coefficient (Wildman–Crippen LogP) is 4.23. The SMILES string of the molecule is COc1ccc(-c2cn3ccccc3c2C)c(C)c1. The number of aryl methyl sites for hydroxylation is 2. The smallest absolute Gasteiger partial charge is 0.119 e. The van der Waals surface area contributed by atoms with Gasteiger partial charge in [-0.2, -0.15) is 0 Å². The Bertz CT molecular complexity index is 740. The first kappa shape index (κ1) is 11.8. The van der Waals surface area contributed by atoms with E-state index >= 15 is 0 Å². The van der Waals surface area contributed by atoms with Crippen LogP contribution >= 0.6 is 0 Å². The van der Waals surface area contributed by atoms with Crippen LogP contribution in [0.4, 0.5) is 0 Å². The van der Waals surface area contributed by atoms with Crippen LogP contribution in [0, 0.1) is 13.8 Å². The Kier molecular flexibility index (Phi) is 2.79. The van der Waals surface area contributed by atoms with Crippen LogP contribution in [0.15, 0.2) is 48.8 Å². The first-order valence-electron chi connectivity index (χ1n) is 6.42. The number of hydrogen-bond donors (Lipinski definition) is 0. The van der Waals surface area contributed by atoms with Crippen molar-refractivity contribution in [1.82, 2.24) is 4.40 Å². The maximum atomic E-state index is 5.27. The molecule has 2 aromatic heterocycles. The third-order valence-corrected chi connectivity index (χ3v) is 3.67. The highest BCUT2D eigenvalue weighted by molar-refractivity contribution is 5.78. The molecule has 3 aromatic rings. The summed E-state index contributed by atoms with van der Waals surface area (Å²) in [7, 11) is 1.70. The van der Waals surface area contributed by atoms with E-state index < -0.39 is 0 Å². The first-order valence-corrected chi connectivity index (χ1v) is 6.42. The maximum Gasteiger partial charge on any atom is 0.119 e. The van der Waals surface area contributed by atoms with Crippen molar-refractivity contribution in [2.45, 2.75) is 13.8 Å². The molecule has 0 bridgehead atoms. The normalized spacial score (nSPS) is 10.9. The van der Waals surface area contributed by atoms with Gasteiger partial charge in [0.15, 0.2) is 0 Å². The molecule has 0 saturated carbocycles. The number of methoxy groups -OCH3 is 1. The number of ether oxygens (including phenoxy) is 1. The number of nitrogens with zero attached hydrogens (tertiary/aromatic N) is 1. The molecule has 0 N–H and O–H groups in total. The van der Waals surface area contributed by atoms with Crippen molar-refractivity contribution in [3.05, 3.63) is 59.9 Å². The van der Waals surface area contributed by atoms with Crippen LogP contribution < -0.4 is 4.74 Å². The zero-order valence-corrected chi connectivity index (χ0v) is 11.5. The topological polar surface area (TPSA) is 13.6 Å². The molecular weight excluding hydrogens is 234 g/mol. The van der Waals surface area contributed by atoms with Crippen LogP contribution in [0.3, 0.4) is 0 Å². The zero-order chi connectivity index (χ0) is 13.4. The molecule has 0 fully saturated rings. The summed E-state index contributed by atoms with van der Waals surface area (Å²) >= 11 is 0. The summed E-state index contributed by atoms with van der Waals surface area (Å²) in [6.45, 7) is 4.30. The number of benzene rings is 1. The highest BCUT2D eigenvalue weighted by Crippen LogP contribution is 2.32. The summed E-state index contributed by atoms with van der Waals surface area (Å²) in [5.74, 6) is 0.905. The standard InChI is InChI=1S/C17H17NO/c1-12-10-14(19-3)7-8-15(12)16-11-18-9-5-4-6-17(18)13(16)2/h4-11H,1-3H3. The van der Waals surface area contributed by atoms with Gasteiger partial charge in [-0.25, -0.2) is 0 Å². The number of hydrogen-bond acceptors (Lipinski definition) is 1. The Hall–Kier alpha value is -2.22. The molecule has 1 aromatic carbocycles. The molecule has 3 rings (SSSR count). The van der Waals surface area contributed by atoms with Crippen LogP contribution in [0.25, 0.3) is 16.6 Å². The molecule has 0 radical (unpaired) electrons. The highest BCUT2D eigenvalue weighted by Gasteiger charge is 2.10. The van der Waals surface area contributed by atoms with Gasteiger partial charge in [0, 0.05) is 23.5 Å². The lowest BCUT2D eigenvalue weighted by Gasteiger charge is -2.07. The van der Waals surface area contributed by atoms with E-state index in [0.717, 1.165) is 5.75 Å². The summed E-state index contributed by atoms with van der Waals surface area (Å²) in [6, 6.07) is 12.5. The van der Waals surface area contributed by atoms with Gasteiger partial charge in [0.05, 0.1) is 7.11 Å². The fourth-order valence-electron chi connectivity index (χ4n) is 2.60. The van der Waals surface area contributed by atoms with Crippen LogP contribution in [-0.4, -0.2) is 11.5 Å². The Morgan fingerprint density at radius 2 is 1.84 bits per heavy atom. The van der Waals surface area contributed by atoms with Crippen LogP contribution in [-0.2, 0) is 0 Å². The minimum Gasteiger partial charge on any atom is -0.497 e. The lowest BCUT2D eigenvalue weighted by molar-refractivity contribution is 0.414. The molecular formula is C17H17NO. The minimum atomic E-state index is 0.905. The predicted molar refractivity (Wildman–Crippen MR) is 78.9 cm³/mol. The fourth-order valence-corrected chi connectivity index (χ4v) is 2.60. The molecule has 0 aliphatic heterocycles. The van der Waals surface area contributed by atoms with Crippen molar-refractivity contribution in [2.75, 3.05) is 7.11 Å². The van der Waals surface area contributed by atoms with E-state index in [4.69, 9.17) is 4.74 Å². The molecule has 0 atom stereocenters. The number of aromatic nitrogens is 1. The van der Waals surface area contributed by atoms with E-state index in [1.165, 1.54) is 27.8 Å². The molecule has 0 spiro atoms. The Balaban J connectivity index is 2.21. The van der Waals surface area contributed by atoms with Crippen molar-refractivity contribution in [3.8, 4) is 16.9 Å². The monoisotopic (exact) mass is 251 g/mol. The van der Waals surface area contributed by atoms with Gasteiger partial charge in [-0.05, 0) is 54.8 Å². The number of rotatable bonds is 2. The first-order chi connectivity index (χ1) is 9.20. The molecule has 0 amide bonds. The second kappa shape index (κ2) is 4.47. The Morgan fingerprint density at radius 1 is 1.00 bits per heavy atom. The summed E-state index contributed by atoms with van der Waals surface area (Å²) in [4.78, 5) is 0. The van der Waals surface area contributed by atoms with Crippen molar-refractivity contribution < 1.29 is 4.74 Å². The van der Waals surface area contributed by atoms with Gasteiger partial charge in [-0.3, -0.25) is 0 Å². The molecule has 0 aliphatic rings. The molecule has 0 unspecified atom stereocenters. The Labute approximate surface area is 113 Å². The van der Waals surface area contributed by atoms with Gasteiger partial charge in [-0.1, -0.05) is 12.1 Å². The van der Waals surface area contributed by atoms with E-state index in [1.807, 2.05) is 6.07 Å². The van der Waals surface area contributed by atoms with Gasteiger partial charge in [0.1, 0.15) is 5.75 Å². The van der Waals surface area contributed by atoms with Crippen molar-refractivity contribution in [1.29, 1.82) is 0 Å². The largest absolute Gasteiger partial charge is 0.497 e. The summed E-state index contributed by atoms with van der Waals surface area (Å²) in [5.41, 5.74) is 6.35. The minimum absolute atomic E-state index is 0.905. The van der Waals surface area contributed by atoms with E-state index in [0.29, 0.717) is 0 Å². The third-order valence-electron chi connectivity index (χ3n) is 3.67. The fraction of sp³-hybridized carbons (Fsp3) is 0.176. The number of fused-ring (bicyclic) bond motifs is 1. The van der Waals surface area contributed by atoms with E-state index in [-0.39, 0.29) is 0 Å². The zero-order valence-electron chi connectivity index (χ0n) is 11.5. The average Bonchev–Trinajstić information content (AvgIpc) is 2.76. The maximum absolute atomic E-state index is 5.27. The van der Waals surface area contributed by atoms with Gasteiger partial charge in [0.2, 0.25) is 0 Å². The quantitative estimate of drug-likeness (QED) is 0.664. The molecule has 0 aliphatic carbocycles. The van der Waals surface area contributed by atoms with Gasteiger partial charge in [0.25, 0.3) is 0 Å². The second-order valence-electron chi connectivity index (χ2n) is 4.84. The van der Waals surface area contributed by atoms with E-state index in [2.05, 4.69) is 61.0 Å². The molecule has 0 saturated heterocycles. The molecule has 2 heteroatoms. The summed E-state index contributed by atoms with van der Waals surface area (Å²) in [5, 5.41) is 0. The van der Waals surface area contributed by atoms with E-state index in [9.17, 15) is 0 Å². The Morgan fingerprint density at radius 3 is 2.53 bits per heavy atom. The molecule has 96 valence electrons. The highest BCUT2D eigenvalue weighted by atomic mass is 16.5. The van der Waals surface area contributed by atoms with Gasteiger partial charge < -0.3 is 9.14 Å². The van der Waals surface area contributed by atoms with Crippen molar-refractivity contribution in [3.63, 3.8) is 0 Å². The van der Waals surface area contributed by atoms with Crippen LogP contribution in [0.2, 0.25) is 0 Å². The number of pyridine rings is 1. The average molecular weight is 251 g/mol. The lowest BCUT2D eigenvalue weighted by atomic mass is 9.99.